The minimum Gasteiger partial charge on any atom is -0.481 e. The van der Waals surface area contributed by atoms with Gasteiger partial charge in [-0.3, -0.25) is 9.59 Å². The van der Waals surface area contributed by atoms with E-state index in [1.807, 2.05) is 62.6 Å². The average molecular weight is 746 g/mol. The highest BCUT2D eigenvalue weighted by Gasteiger charge is 2.31. The van der Waals surface area contributed by atoms with Crippen molar-refractivity contribution < 1.29 is 19.1 Å². The number of benzene rings is 2. The molecule has 2 fully saturated rings. The first-order valence-corrected chi connectivity index (χ1v) is 19.0. The lowest BCUT2D eigenvalue weighted by Crippen LogP contribution is -2.29. The van der Waals surface area contributed by atoms with Gasteiger partial charge in [-0.05, 0) is 147 Å². The molecule has 2 saturated carbocycles. The van der Waals surface area contributed by atoms with Crippen LogP contribution in [0.3, 0.4) is 0 Å². The number of carbonyl (C=O) groups excluding carboxylic acids is 2. The van der Waals surface area contributed by atoms with Crippen LogP contribution in [-0.4, -0.2) is 36.0 Å². The Labute approximate surface area is 318 Å². The molecule has 2 amide bonds. The maximum atomic E-state index is 12.6. The van der Waals surface area contributed by atoms with E-state index in [-0.39, 0.29) is 23.7 Å². The van der Waals surface area contributed by atoms with Crippen molar-refractivity contribution in [2.75, 3.05) is 24.9 Å². The summed E-state index contributed by atoms with van der Waals surface area (Å²) in [6, 6.07) is 22.7. The monoisotopic (exact) mass is 744 g/mol. The predicted octanol–water partition coefficient (Wildman–Crippen LogP) is 10.6. The molecule has 2 unspecified atom stereocenters. The van der Waals surface area contributed by atoms with Crippen LogP contribution in [0.4, 0.5) is 11.4 Å². The summed E-state index contributed by atoms with van der Waals surface area (Å²) in [7, 11) is 3.29. The number of ether oxygens (including phenoxy) is 2. The fraction of sp³-hybridized carbons (Fsp3) is 0.429. The standard InChI is InChI=1S/2C21H25ClN2O2/c2*1-14(21(25)24-19-9-7-18(22)8-10-19)15-3-5-16(6-4-15)17-11-12-23-20(13-17)26-2/h2*7-16H,3-6H2,1-2H3,(H,24,25). The van der Waals surface area contributed by atoms with Crippen LogP contribution in [0.15, 0.2) is 85.2 Å². The quantitative estimate of drug-likeness (QED) is 0.168. The second-order valence-electron chi connectivity index (χ2n) is 14.1. The normalized spacial score (nSPS) is 21.0. The highest BCUT2D eigenvalue weighted by molar-refractivity contribution is 6.31. The molecule has 276 valence electrons. The number of nitrogens with zero attached hydrogens (tertiary/aromatic N) is 2. The van der Waals surface area contributed by atoms with E-state index in [4.69, 9.17) is 32.7 Å². The Morgan fingerprint density at radius 1 is 0.596 bits per heavy atom. The van der Waals surface area contributed by atoms with E-state index in [1.165, 1.54) is 11.1 Å². The Morgan fingerprint density at radius 2 is 0.942 bits per heavy atom. The summed E-state index contributed by atoms with van der Waals surface area (Å²) in [5.41, 5.74) is 4.16. The van der Waals surface area contributed by atoms with Crippen LogP contribution in [0, 0.1) is 23.7 Å². The van der Waals surface area contributed by atoms with Crippen LogP contribution in [0.1, 0.15) is 88.2 Å². The minimum absolute atomic E-state index is 0.00129. The van der Waals surface area contributed by atoms with Gasteiger partial charge in [0.25, 0.3) is 0 Å². The third-order valence-corrected chi connectivity index (χ3v) is 11.4. The molecule has 10 heteroatoms. The van der Waals surface area contributed by atoms with Gasteiger partial charge in [0, 0.05) is 57.8 Å². The topological polar surface area (TPSA) is 102 Å². The van der Waals surface area contributed by atoms with Crippen LogP contribution < -0.4 is 20.1 Å². The molecular weight excluding hydrogens is 695 g/mol. The first kappa shape index (κ1) is 39.1. The Morgan fingerprint density at radius 3 is 1.27 bits per heavy atom. The largest absolute Gasteiger partial charge is 0.481 e. The maximum absolute atomic E-state index is 12.6. The van der Waals surface area contributed by atoms with Gasteiger partial charge in [0.1, 0.15) is 0 Å². The van der Waals surface area contributed by atoms with E-state index in [1.54, 1.807) is 38.5 Å². The zero-order valence-corrected chi connectivity index (χ0v) is 32.0. The van der Waals surface area contributed by atoms with E-state index < -0.39 is 0 Å². The molecule has 2 atom stereocenters. The number of carbonyl (C=O) groups is 2. The third kappa shape index (κ3) is 10.9. The summed E-state index contributed by atoms with van der Waals surface area (Å²) in [6.07, 6.45) is 12.2. The van der Waals surface area contributed by atoms with E-state index in [0.29, 0.717) is 45.5 Å². The summed E-state index contributed by atoms with van der Waals surface area (Å²) in [4.78, 5) is 33.5. The summed E-state index contributed by atoms with van der Waals surface area (Å²) >= 11 is 11.8. The molecule has 0 aliphatic heterocycles. The molecule has 0 spiro atoms. The van der Waals surface area contributed by atoms with Gasteiger partial charge in [0.05, 0.1) is 14.2 Å². The second-order valence-corrected chi connectivity index (χ2v) is 14.9. The number of rotatable bonds is 10. The molecule has 8 nitrogen and oxygen atoms in total. The number of hydrogen-bond donors (Lipinski definition) is 2. The van der Waals surface area contributed by atoms with Gasteiger partial charge in [0.15, 0.2) is 0 Å². The summed E-state index contributed by atoms with van der Waals surface area (Å²) < 4.78 is 10.5. The molecule has 6 rings (SSSR count). The molecule has 0 bridgehead atoms. The van der Waals surface area contributed by atoms with Crippen molar-refractivity contribution in [3.8, 4) is 11.8 Å². The Kier molecular flexibility index (Phi) is 14.3. The molecule has 2 aliphatic carbocycles. The second kappa shape index (κ2) is 19.1. The average Bonchev–Trinajstić information content (AvgIpc) is 3.19. The summed E-state index contributed by atoms with van der Waals surface area (Å²) in [5.74, 6) is 3.38. The van der Waals surface area contributed by atoms with Gasteiger partial charge in [-0.15, -0.1) is 0 Å². The molecule has 2 aliphatic rings. The number of hydrogen-bond acceptors (Lipinski definition) is 6. The van der Waals surface area contributed by atoms with Crippen molar-refractivity contribution in [2.45, 2.75) is 77.0 Å². The van der Waals surface area contributed by atoms with Crippen LogP contribution in [0.5, 0.6) is 11.8 Å². The fourth-order valence-corrected chi connectivity index (χ4v) is 7.74. The van der Waals surface area contributed by atoms with Crippen molar-refractivity contribution in [1.29, 1.82) is 0 Å². The molecule has 2 aromatic carbocycles. The maximum Gasteiger partial charge on any atom is 0.227 e. The lowest BCUT2D eigenvalue weighted by Gasteiger charge is -2.32. The van der Waals surface area contributed by atoms with Gasteiger partial charge >= 0.3 is 0 Å². The first-order valence-electron chi connectivity index (χ1n) is 18.3. The molecule has 4 aromatic rings. The number of anilines is 2. The number of amides is 2. The van der Waals surface area contributed by atoms with E-state index >= 15 is 0 Å². The van der Waals surface area contributed by atoms with Gasteiger partial charge in [-0.2, -0.15) is 0 Å². The predicted molar refractivity (Wildman–Crippen MR) is 209 cm³/mol. The van der Waals surface area contributed by atoms with E-state index in [2.05, 4.69) is 32.7 Å². The van der Waals surface area contributed by atoms with Gasteiger partial charge in [-0.1, -0.05) is 37.0 Å². The smallest absolute Gasteiger partial charge is 0.227 e. The van der Waals surface area contributed by atoms with Crippen LogP contribution in [-0.2, 0) is 9.59 Å². The number of pyridine rings is 2. The van der Waals surface area contributed by atoms with Crippen molar-refractivity contribution in [2.24, 2.45) is 23.7 Å². The Hall–Kier alpha value is -4.14. The van der Waals surface area contributed by atoms with Crippen molar-refractivity contribution in [1.82, 2.24) is 9.97 Å². The van der Waals surface area contributed by atoms with Crippen LogP contribution in [0.25, 0.3) is 0 Å². The number of halogens is 2. The molecule has 2 N–H and O–H groups in total. The van der Waals surface area contributed by atoms with Crippen LogP contribution >= 0.6 is 23.2 Å². The molecule has 0 saturated heterocycles. The molecular formula is C42H50Cl2N4O4. The summed E-state index contributed by atoms with van der Waals surface area (Å²) in [5, 5.41) is 7.34. The molecule has 0 radical (unpaired) electrons. The van der Waals surface area contributed by atoms with Gasteiger partial charge < -0.3 is 20.1 Å². The lowest BCUT2D eigenvalue weighted by atomic mass is 9.74. The van der Waals surface area contributed by atoms with Crippen molar-refractivity contribution >= 4 is 46.4 Å². The first-order chi connectivity index (χ1) is 25.1. The number of aromatic nitrogens is 2. The lowest BCUT2D eigenvalue weighted by molar-refractivity contribution is -0.122. The molecule has 2 heterocycles. The highest BCUT2D eigenvalue weighted by atomic mass is 35.5. The van der Waals surface area contributed by atoms with Crippen molar-refractivity contribution in [3.63, 3.8) is 0 Å². The van der Waals surface area contributed by atoms with Gasteiger partial charge in [-0.25, -0.2) is 9.97 Å². The van der Waals surface area contributed by atoms with Crippen molar-refractivity contribution in [3.05, 3.63) is 106 Å². The molecule has 2 aromatic heterocycles. The number of nitrogens with one attached hydrogen (secondary N) is 2. The fourth-order valence-electron chi connectivity index (χ4n) is 7.49. The number of methoxy groups -OCH3 is 2. The summed E-state index contributed by atoms with van der Waals surface area (Å²) in [6.45, 7) is 4.07. The van der Waals surface area contributed by atoms with Gasteiger partial charge in [0.2, 0.25) is 23.6 Å². The van der Waals surface area contributed by atoms with Crippen LogP contribution in [0.2, 0.25) is 10.0 Å². The van der Waals surface area contributed by atoms with E-state index in [9.17, 15) is 9.59 Å². The van der Waals surface area contributed by atoms with E-state index in [0.717, 1.165) is 62.7 Å². The SMILES string of the molecule is COc1cc(C2CCC(C(C)C(=O)Nc3ccc(Cl)cc3)CC2)ccn1.COc1cc(C2CCC(C(C)C(=O)Nc3ccc(Cl)cc3)CC2)ccn1. The zero-order valence-electron chi connectivity index (χ0n) is 30.5. The highest BCUT2D eigenvalue weighted by Crippen LogP contribution is 2.41. The zero-order chi connectivity index (χ0) is 37.0. The minimum atomic E-state index is -0.00129. The molecule has 52 heavy (non-hydrogen) atoms. The Bertz CT molecular complexity index is 1610. The third-order valence-electron chi connectivity index (χ3n) is 10.9. The Balaban J connectivity index is 0.000000201.